The lowest BCUT2D eigenvalue weighted by Gasteiger charge is -2.04. The quantitative estimate of drug-likeness (QED) is 0.762. The Morgan fingerprint density at radius 1 is 1.27 bits per heavy atom. The molecule has 4 nitrogen and oxygen atoms in total. The van der Waals surface area contributed by atoms with Crippen LogP contribution in [0.5, 0.6) is 5.75 Å². The molecule has 0 saturated carbocycles. The van der Waals surface area contributed by atoms with Gasteiger partial charge < -0.3 is 9.92 Å². The molecular formula is C10H15NO3S. The molecule has 1 aromatic carbocycles. The summed E-state index contributed by atoms with van der Waals surface area (Å²) in [5.41, 5.74) is 6.51. The molecule has 0 heterocycles. The SMILES string of the molecule is CS(=O)(=O)Oc1ccc(CCCN)cc1. The minimum atomic E-state index is -3.43. The average Bonchev–Trinajstić information content (AvgIpc) is 2.14. The molecule has 0 spiro atoms. The predicted molar refractivity (Wildman–Crippen MR) is 59.3 cm³/mol. The summed E-state index contributed by atoms with van der Waals surface area (Å²) in [6.07, 6.45) is 2.84. The molecule has 1 rings (SSSR count). The highest BCUT2D eigenvalue weighted by molar-refractivity contribution is 7.86. The van der Waals surface area contributed by atoms with E-state index in [4.69, 9.17) is 9.92 Å². The molecule has 1 aromatic rings. The Labute approximate surface area is 90.2 Å². The van der Waals surface area contributed by atoms with Crippen molar-refractivity contribution in [1.82, 2.24) is 0 Å². The first-order chi connectivity index (χ1) is 7.01. The number of nitrogens with two attached hydrogens (primary N) is 1. The fourth-order valence-electron chi connectivity index (χ4n) is 1.19. The third-order valence-corrected chi connectivity index (χ3v) is 2.34. The molecule has 0 amide bonds. The largest absolute Gasteiger partial charge is 0.383 e. The molecule has 5 heteroatoms. The van der Waals surface area contributed by atoms with Crippen molar-refractivity contribution < 1.29 is 12.6 Å². The van der Waals surface area contributed by atoms with Crippen LogP contribution in [-0.4, -0.2) is 21.2 Å². The van der Waals surface area contributed by atoms with Crippen LogP contribution in [0, 0.1) is 0 Å². The second kappa shape index (κ2) is 5.14. The molecule has 0 atom stereocenters. The Bertz CT molecular complexity index is 397. The monoisotopic (exact) mass is 229 g/mol. The van der Waals surface area contributed by atoms with Gasteiger partial charge in [-0.25, -0.2) is 0 Å². The normalized spacial score (nSPS) is 11.3. The van der Waals surface area contributed by atoms with E-state index in [1.165, 1.54) is 0 Å². The van der Waals surface area contributed by atoms with E-state index < -0.39 is 10.1 Å². The average molecular weight is 229 g/mol. The third kappa shape index (κ3) is 4.80. The molecule has 0 fully saturated rings. The highest BCUT2D eigenvalue weighted by atomic mass is 32.2. The van der Waals surface area contributed by atoms with Crippen molar-refractivity contribution >= 4 is 10.1 Å². The minimum Gasteiger partial charge on any atom is -0.383 e. The summed E-state index contributed by atoms with van der Waals surface area (Å²) >= 11 is 0. The number of benzene rings is 1. The molecule has 0 aromatic heterocycles. The topological polar surface area (TPSA) is 69.4 Å². The molecule has 15 heavy (non-hydrogen) atoms. The first-order valence-electron chi connectivity index (χ1n) is 4.70. The molecule has 84 valence electrons. The van der Waals surface area contributed by atoms with Gasteiger partial charge in [0, 0.05) is 0 Å². The predicted octanol–water partition coefficient (Wildman–Crippen LogP) is 0.916. The maximum atomic E-state index is 10.8. The van der Waals surface area contributed by atoms with Crippen LogP contribution in [0.15, 0.2) is 24.3 Å². The van der Waals surface area contributed by atoms with Crippen molar-refractivity contribution in [2.24, 2.45) is 5.73 Å². The molecule has 0 radical (unpaired) electrons. The van der Waals surface area contributed by atoms with Crippen LogP contribution in [0.1, 0.15) is 12.0 Å². The zero-order chi connectivity index (χ0) is 11.3. The van der Waals surface area contributed by atoms with Crippen LogP contribution in [0.3, 0.4) is 0 Å². The van der Waals surface area contributed by atoms with Gasteiger partial charge in [0.15, 0.2) is 0 Å². The zero-order valence-corrected chi connectivity index (χ0v) is 9.46. The molecule has 0 bridgehead atoms. The summed E-state index contributed by atoms with van der Waals surface area (Å²) in [7, 11) is -3.43. The van der Waals surface area contributed by atoms with E-state index in [0.717, 1.165) is 24.7 Å². The van der Waals surface area contributed by atoms with Crippen LogP contribution < -0.4 is 9.92 Å². The molecule has 2 N–H and O–H groups in total. The number of hydrogen-bond donors (Lipinski definition) is 1. The summed E-state index contributed by atoms with van der Waals surface area (Å²) in [6.45, 7) is 0.654. The van der Waals surface area contributed by atoms with Crippen LogP contribution in [0.2, 0.25) is 0 Å². The Morgan fingerprint density at radius 3 is 2.33 bits per heavy atom. The van der Waals surface area contributed by atoms with E-state index in [1.54, 1.807) is 12.1 Å². The van der Waals surface area contributed by atoms with Gasteiger partial charge >= 0.3 is 10.1 Å². The maximum absolute atomic E-state index is 10.8. The maximum Gasteiger partial charge on any atom is 0.306 e. The molecular weight excluding hydrogens is 214 g/mol. The first-order valence-corrected chi connectivity index (χ1v) is 6.51. The van der Waals surface area contributed by atoms with Crippen molar-refractivity contribution in [2.75, 3.05) is 12.8 Å². The minimum absolute atomic E-state index is 0.342. The van der Waals surface area contributed by atoms with Gasteiger partial charge in [-0.2, -0.15) is 8.42 Å². The third-order valence-electron chi connectivity index (χ3n) is 1.84. The van der Waals surface area contributed by atoms with Gasteiger partial charge in [-0.15, -0.1) is 0 Å². The van der Waals surface area contributed by atoms with Gasteiger partial charge in [-0.3, -0.25) is 0 Å². The van der Waals surface area contributed by atoms with Gasteiger partial charge in [0.2, 0.25) is 0 Å². The van der Waals surface area contributed by atoms with Crippen molar-refractivity contribution in [3.63, 3.8) is 0 Å². The highest BCUT2D eigenvalue weighted by Gasteiger charge is 2.03. The summed E-state index contributed by atoms with van der Waals surface area (Å²) in [4.78, 5) is 0. The van der Waals surface area contributed by atoms with Crippen molar-refractivity contribution in [2.45, 2.75) is 12.8 Å². The summed E-state index contributed by atoms with van der Waals surface area (Å²) in [6, 6.07) is 6.98. The van der Waals surface area contributed by atoms with Crippen LogP contribution in [-0.2, 0) is 16.5 Å². The molecule has 0 aliphatic heterocycles. The lowest BCUT2D eigenvalue weighted by molar-refractivity contribution is 0.493. The first kappa shape index (κ1) is 12.0. The highest BCUT2D eigenvalue weighted by Crippen LogP contribution is 2.14. The van der Waals surface area contributed by atoms with Gasteiger partial charge in [-0.1, -0.05) is 12.1 Å². The van der Waals surface area contributed by atoms with Crippen LogP contribution >= 0.6 is 0 Å². The van der Waals surface area contributed by atoms with Crippen molar-refractivity contribution in [3.05, 3.63) is 29.8 Å². The van der Waals surface area contributed by atoms with Crippen molar-refractivity contribution in [1.29, 1.82) is 0 Å². The number of rotatable bonds is 5. The smallest absolute Gasteiger partial charge is 0.306 e. The van der Waals surface area contributed by atoms with Crippen LogP contribution in [0.4, 0.5) is 0 Å². The molecule has 0 unspecified atom stereocenters. The van der Waals surface area contributed by atoms with Gasteiger partial charge in [0.05, 0.1) is 6.26 Å². The second-order valence-electron chi connectivity index (χ2n) is 3.32. The molecule has 0 saturated heterocycles. The Morgan fingerprint density at radius 2 is 1.87 bits per heavy atom. The van der Waals surface area contributed by atoms with Gasteiger partial charge in [-0.05, 0) is 37.1 Å². The van der Waals surface area contributed by atoms with Crippen LogP contribution in [0.25, 0.3) is 0 Å². The summed E-state index contributed by atoms with van der Waals surface area (Å²) in [5.74, 6) is 0.342. The summed E-state index contributed by atoms with van der Waals surface area (Å²) < 4.78 is 26.3. The van der Waals surface area contributed by atoms with Gasteiger partial charge in [0.25, 0.3) is 0 Å². The molecule has 0 aliphatic carbocycles. The van der Waals surface area contributed by atoms with E-state index in [-0.39, 0.29) is 0 Å². The van der Waals surface area contributed by atoms with Crippen molar-refractivity contribution in [3.8, 4) is 5.75 Å². The Balaban J connectivity index is 2.64. The van der Waals surface area contributed by atoms with E-state index in [9.17, 15) is 8.42 Å². The Hall–Kier alpha value is -1.07. The lowest BCUT2D eigenvalue weighted by atomic mass is 10.1. The Kier molecular flexibility index (Phi) is 4.11. The fraction of sp³-hybridized carbons (Fsp3) is 0.400. The standard InChI is InChI=1S/C10H15NO3S/c1-15(12,13)14-10-6-4-9(5-7-10)3-2-8-11/h4-7H,2-3,8,11H2,1H3. The number of aryl methyl sites for hydroxylation is 1. The van der Waals surface area contributed by atoms with E-state index in [2.05, 4.69) is 0 Å². The fourth-order valence-corrected chi connectivity index (χ4v) is 1.65. The van der Waals surface area contributed by atoms with Gasteiger partial charge in [0.1, 0.15) is 5.75 Å². The lowest BCUT2D eigenvalue weighted by Crippen LogP contribution is -2.05. The zero-order valence-electron chi connectivity index (χ0n) is 8.64. The second-order valence-corrected chi connectivity index (χ2v) is 4.90. The van der Waals surface area contributed by atoms with E-state index in [1.807, 2.05) is 12.1 Å². The van der Waals surface area contributed by atoms with E-state index >= 15 is 0 Å². The van der Waals surface area contributed by atoms with E-state index in [0.29, 0.717) is 12.3 Å². The number of hydrogen-bond acceptors (Lipinski definition) is 4. The molecule has 0 aliphatic rings. The summed E-state index contributed by atoms with van der Waals surface area (Å²) in [5, 5.41) is 0.